The van der Waals surface area contributed by atoms with Gasteiger partial charge in [0.05, 0.1) is 34.5 Å². The first-order chi connectivity index (χ1) is 17.3. The van der Waals surface area contributed by atoms with E-state index in [-0.39, 0.29) is 11.3 Å². The predicted molar refractivity (Wildman–Crippen MR) is 138 cm³/mol. The quantitative estimate of drug-likeness (QED) is 0.230. The average Bonchev–Trinajstić information content (AvgIpc) is 3.34. The second kappa shape index (κ2) is 9.37. The summed E-state index contributed by atoms with van der Waals surface area (Å²) >= 11 is 2.14. The van der Waals surface area contributed by atoms with Crippen molar-refractivity contribution in [2.24, 2.45) is 0 Å². The van der Waals surface area contributed by atoms with Crippen LogP contribution in [0.4, 0.5) is 24.7 Å². The molecule has 0 aliphatic carbocycles. The summed E-state index contributed by atoms with van der Waals surface area (Å²) < 4.78 is 43.4. The molecule has 2 aromatic carbocycles. The lowest BCUT2D eigenvalue weighted by Crippen LogP contribution is -2.34. The van der Waals surface area contributed by atoms with E-state index in [1.54, 1.807) is 12.1 Å². The highest BCUT2D eigenvalue weighted by Gasteiger charge is 2.35. The molecule has 3 aromatic heterocycles. The number of hydrogen-bond acceptors (Lipinski definition) is 7. The second-order valence-corrected chi connectivity index (χ2v) is 9.10. The molecule has 0 unspecified atom stereocenters. The van der Waals surface area contributed by atoms with Crippen LogP contribution < -0.4 is 16.3 Å². The molecule has 0 fully saturated rings. The van der Waals surface area contributed by atoms with Crippen LogP contribution in [-0.2, 0) is 6.18 Å². The van der Waals surface area contributed by atoms with Crippen molar-refractivity contribution in [3.63, 3.8) is 0 Å². The molecule has 0 aliphatic heterocycles. The maximum absolute atomic E-state index is 13.8. The molecule has 0 aliphatic rings. The van der Waals surface area contributed by atoms with E-state index in [0.29, 0.717) is 29.1 Å². The van der Waals surface area contributed by atoms with Crippen molar-refractivity contribution in [1.82, 2.24) is 29.6 Å². The predicted octanol–water partition coefficient (Wildman–Crippen LogP) is 5.12. The van der Waals surface area contributed by atoms with Crippen LogP contribution in [0, 0.1) is 3.57 Å². The van der Waals surface area contributed by atoms with Gasteiger partial charge < -0.3 is 10.3 Å². The minimum Gasteiger partial charge on any atom is -0.358 e. The number of nitrogens with one attached hydrogen (secondary N) is 3. The Kier molecular flexibility index (Phi) is 6.24. The number of hydrogen-bond donors (Lipinski definition) is 3. The van der Waals surface area contributed by atoms with Crippen molar-refractivity contribution in [2.45, 2.75) is 25.6 Å². The summed E-state index contributed by atoms with van der Waals surface area (Å²) in [6, 6.07) is 10.00. The van der Waals surface area contributed by atoms with Gasteiger partial charge in [-0.2, -0.15) is 13.2 Å². The van der Waals surface area contributed by atoms with Crippen LogP contribution in [0.2, 0.25) is 0 Å². The lowest BCUT2D eigenvalue weighted by Gasteiger charge is -2.23. The van der Waals surface area contributed by atoms with E-state index in [1.807, 2.05) is 19.1 Å². The first-order valence-electron chi connectivity index (χ1n) is 10.8. The van der Waals surface area contributed by atoms with Crippen LogP contribution in [0.3, 0.4) is 0 Å². The summed E-state index contributed by atoms with van der Waals surface area (Å²) in [5.74, 6) is 0.614. The Balaban J connectivity index is 1.71. The molecule has 0 spiro atoms. The summed E-state index contributed by atoms with van der Waals surface area (Å²) in [6.07, 6.45) is -1.46. The summed E-state index contributed by atoms with van der Waals surface area (Å²) in [4.78, 5) is 33.6. The van der Waals surface area contributed by atoms with Gasteiger partial charge in [-0.3, -0.25) is 10.2 Å². The molecular formula is C23H18F3IN8O. The molecule has 3 N–H and O–H groups in total. The lowest BCUT2D eigenvalue weighted by molar-refractivity contribution is -0.136. The molecule has 184 valence electrons. The molecule has 0 radical (unpaired) electrons. The zero-order chi connectivity index (χ0) is 25.4. The number of nitrogens with zero attached hydrogens (tertiary/aromatic N) is 5. The zero-order valence-electron chi connectivity index (χ0n) is 18.6. The number of imidazole rings is 1. The molecule has 9 nitrogen and oxygen atoms in total. The molecule has 36 heavy (non-hydrogen) atoms. The van der Waals surface area contributed by atoms with Crippen LogP contribution in [0.5, 0.6) is 0 Å². The number of aromatic nitrogens is 6. The molecular weight excluding hydrogens is 588 g/mol. The number of halogens is 4. The van der Waals surface area contributed by atoms with Crippen molar-refractivity contribution in [1.29, 1.82) is 0 Å². The Morgan fingerprint density at radius 2 is 1.89 bits per heavy atom. The van der Waals surface area contributed by atoms with E-state index in [2.05, 4.69) is 58.3 Å². The molecule has 0 bridgehead atoms. The number of aromatic amines is 1. The Hall–Kier alpha value is -3.75. The van der Waals surface area contributed by atoms with Crippen LogP contribution >= 0.6 is 22.6 Å². The number of anilines is 2. The molecule has 0 amide bonds. The normalized spacial score (nSPS) is 12.7. The van der Waals surface area contributed by atoms with E-state index >= 15 is 0 Å². The smallest absolute Gasteiger partial charge is 0.358 e. The molecule has 0 saturated carbocycles. The Labute approximate surface area is 215 Å². The fraction of sp³-hybridized carbons (Fsp3) is 0.174. The second-order valence-electron chi connectivity index (χ2n) is 7.86. The first-order valence-corrected chi connectivity index (χ1v) is 11.9. The third-order valence-electron chi connectivity index (χ3n) is 5.57. The van der Waals surface area contributed by atoms with Gasteiger partial charge in [0.15, 0.2) is 17.3 Å². The van der Waals surface area contributed by atoms with Crippen molar-refractivity contribution in [3.05, 3.63) is 80.4 Å². The van der Waals surface area contributed by atoms with Crippen molar-refractivity contribution < 1.29 is 13.2 Å². The van der Waals surface area contributed by atoms with Gasteiger partial charge in [0, 0.05) is 3.57 Å². The molecule has 5 rings (SSSR count). The molecule has 13 heteroatoms. The van der Waals surface area contributed by atoms with Gasteiger partial charge in [-0.15, -0.1) is 0 Å². The first kappa shape index (κ1) is 24.0. The highest BCUT2D eigenvalue weighted by atomic mass is 127. The molecule has 3 heterocycles. The largest absolute Gasteiger partial charge is 0.417 e. The molecule has 1 atom stereocenters. The SMILES string of the molecule is CC[C@H](Nc1ncnc2nc[nH]c12)c1nc2cccc(C(F)(F)F)c2c(=O)n1Nc1ccc(I)cc1. The zero-order valence-corrected chi connectivity index (χ0v) is 20.8. The van der Waals surface area contributed by atoms with Gasteiger partial charge in [-0.05, 0) is 65.4 Å². The van der Waals surface area contributed by atoms with Gasteiger partial charge in [0.25, 0.3) is 5.56 Å². The number of benzene rings is 2. The van der Waals surface area contributed by atoms with Crippen LogP contribution in [0.25, 0.3) is 22.1 Å². The fourth-order valence-corrected chi connectivity index (χ4v) is 4.23. The standard InChI is InChI=1S/C23H18F3IN8O/c1-2-15(32-20-18-19(29-10-28-18)30-11-31-20)21-33-16-5-3-4-14(23(24,25)26)17(16)22(36)35(21)34-13-8-6-12(27)7-9-13/h3-11,15,34H,2H2,1H3,(H2,28,29,30,31,32)/t15-/m0/s1. The van der Waals surface area contributed by atoms with E-state index in [4.69, 9.17) is 0 Å². The Morgan fingerprint density at radius 1 is 1.11 bits per heavy atom. The number of alkyl halides is 3. The summed E-state index contributed by atoms with van der Waals surface area (Å²) in [5.41, 5.74) is 2.49. The van der Waals surface area contributed by atoms with Gasteiger partial charge >= 0.3 is 6.18 Å². The van der Waals surface area contributed by atoms with Gasteiger partial charge in [0.1, 0.15) is 11.8 Å². The van der Waals surface area contributed by atoms with Gasteiger partial charge in [-0.25, -0.2) is 24.6 Å². The van der Waals surface area contributed by atoms with E-state index in [1.165, 1.54) is 24.8 Å². The highest BCUT2D eigenvalue weighted by molar-refractivity contribution is 14.1. The molecule has 0 saturated heterocycles. The van der Waals surface area contributed by atoms with E-state index < -0.39 is 28.7 Å². The summed E-state index contributed by atoms with van der Waals surface area (Å²) in [5, 5.41) is 2.72. The lowest BCUT2D eigenvalue weighted by atomic mass is 10.1. The van der Waals surface area contributed by atoms with Crippen LogP contribution in [0.1, 0.15) is 30.8 Å². The van der Waals surface area contributed by atoms with Crippen LogP contribution in [-0.4, -0.2) is 29.6 Å². The third-order valence-corrected chi connectivity index (χ3v) is 6.29. The van der Waals surface area contributed by atoms with E-state index in [0.717, 1.165) is 14.3 Å². The maximum atomic E-state index is 13.8. The Bertz CT molecular complexity index is 1610. The number of fused-ring (bicyclic) bond motifs is 2. The minimum atomic E-state index is -4.72. The minimum absolute atomic E-state index is 0.0555. The highest BCUT2D eigenvalue weighted by Crippen LogP contribution is 2.33. The van der Waals surface area contributed by atoms with Crippen molar-refractivity contribution in [2.75, 3.05) is 10.7 Å². The van der Waals surface area contributed by atoms with Gasteiger partial charge in [0.2, 0.25) is 0 Å². The van der Waals surface area contributed by atoms with Crippen LogP contribution in [0.15, 0.2) is 59.9 Å². The van der Waals surface area contributed by atoms with Gasteiger partial charge in [-0.1, -0.05) is 13.0 Å². The monoisotopic (exact) mass is 606 g/mol. The topological polar surface area (TPSA) is 113 Å². The van der Waals surface area contributed by atoms with Crippen molar-refractivity contribution in [3.8, 4) is 0 Å². The number of rotatable bonds is 6. The fourth-order valence-electron chi connectivity index (χ4n) is 3.87. The maximum Gasteiger partial charge on any atom is 0.417 e. The van der Waals surface area contributed by atoms with Crippen molar-refractivity contribution >= 4 is 56.2 Å². The van der Waals surface area contributed by atoms with E-state index in [9.17, 15) is 18.0 Å². The Morgan fingerprint density at radius 3 is 2.61 bits per heavy atom. The third kappa shape index (κ3) is 4.45. The average molecular weight is 606 g/mol. The number of H-pyrrole nitrogens is 1. The summed E-state index contributed by atoms with van der Waals surface area (Å²) in [6.45, 7) is 1.86. The summed E-state index contributed by atoms with van der Waals surface area (Å²) in [7, 11) is 0. The molecule has 5 aromatic rings.